The minimum Gasteiger partial charge on any atom is -0.450 e. The highest BCUT2D eigenvalue weighted by molar-refractivity contribution is 5.94. The van der Waals surface area contributed by atoms with Gasteiger partial charge in [-0.2, -0.15) is 5.26 Å². The number of nitrogens with one attached hydrogen (secondary N) is 1. The number of hydrogen-bond acceptors (Lipinski definition) is 7. The maximum Gasteiger partial charge on any atom is 0.409 e. The lowest BCUT2D eigenvalue weighted by molar-refractivity contribution is 0.0570. The number of nitrogens with zero attached hydrogens (tertiary/aromatic N) is 5. The smallest absolute Gasteiger partial charge is 0.409 e. The van der Waals surface area contributed by atoms with Gasteiger partial charge in [0.15, 0.2) is 0 Å². The van der Waals surface area contributed by atoms with Crippen molar-refractivity contribution in [1.82, 2.24) is 19.8 Å². The predicted molar refractivity (Wildman–Crippen MR) is 101 cm³/mol. The van der Waals surface area contributed by atoms with Crippen molar-refractivity contribution in [1.29, 1.82) is 5.26 Å². The summed E-state index contributed by atoms with van der Waals surface area (Å²) in [5, 5.41) is 12.1. The van der Waals surface area contributed by atoms with Gasteiger partial charge in [-0.15, -0.1) is 0 Å². The Morgan fingerprint density at radius 1 is 1.14 bits per heavy atom. The van der Waals surface area contributed by atoms with E-state index in [1.54, 1.807) is 41.0 Å². The van der Waals surface area contributed by atoms with Gasteiger partial charge >= 0.3 is 6.09 Å². The molecule has 9 nitrogen and oxygen atoms in total. The van der Waals surface area contributed by atoms with Gasteiger partial charge in [-0.05, 0) is 19.1 Å². The molecule has 0 aliphatic carbocycles. The molecule has 0 bridgehead atoms. The van der Waals surface area contributed by atoms with Crippen LogP contribution in [-0.4, -0.2) is 64.6 Å². The number of anilines is 2. The molecular weight excluding hydrogens is 360 g/mol. The maximum absolute atomic E-state index is 12.6. The van der Waals surface area contributed by atoms with Gasteiger partial charge in [0.25, 0.3) is 5.91 Å². The van der Waals surface area contributed by atoms with Gasteiger partial charge in [-0.3, -0.25) is 4.79 Å². The number of aromatic nitrogens is 2. The SMILES string of the molecule is CCOC(=O)N1CCN(C(=O)c2cnc(Nc3ccccc3C#N)nc2)CC1. The molecule has 1 aromatic heterocycles. The molecule has 1 aliphatic heterocycles. The van der Waals surface area contributed by atoms with Crippen molar-refractivity contribution in [2.75, 3.05) is 38.1 Å². The number of benzene rings is 1. The van der Waals surface area contributed by atoms with Crippen LogP contribution in [0, 0.1) is 11.3 Å². The van der Waals surface area contributed by atoms with E-state index in [1.165, 1.54) is 12.4 Å². The quantitative estimate of drug-likeness (QED) is 0.863. The van der Waals surface area contributed by atoms with Gasteiger partial charge in [0.1, 0.15) is 6.07 Å². The molecule has 0 unspecified atom stereocenters. The van der Waals surface area contributed by atoms with E-state index in [1.807, 2.05) is 0 Å². The van der Waals surface area contributed by atoms with E-state index in [4.69, 9.17) is 10.00 Å². The molecule has 9 heteroatoms. The Morgan fingerprint density at radius 3 is 2.43 bits per heavy atom. The fraction of sp³-hybridized carbons (Fsp3) is 0.316. The third-order valence-corrected chi connectivity index (χ3v) is 4.29. The number of amides is 2. The fourth-order valence-electron chi connectivity index (χ4n) is 2.80. The summed E-state index contributed by atoms with van der Waals surface area (Å²) >= 11 is 0. The normalized spacial score (nSPS) is 13.6. The van der Waals surface area contributed by atoms with E-state index in [0.29, 0.717) is 55.5 Å². The lowest BCUT2D eigenvalue weighted by Gasteiger charge is -2.33. The van der Waals surface area contributed by atoms with Crippen LogP contribution in [0.25, 0.3) is 0 Å². The molecule has 2 aromatic rings. The highest BCUT2D eigenvalue weighted by Gasteiger charge is 2.25. The largest absolute Gasteiger partial charge is 0.450 e. The van der Waals surface area contributed by atoms with Crippen LogP contribution in [0.15, 0.2) is 36.7 Å². The van der Waals surface area contributed by atoms with E-state index >= 15 is 0 Å². The molecule has 28 heavy (non-hydrogen) atoms. The van der Waals surface area contributed by atoms with E-state index in [9.17, 15) is 9.59 Å². The molecule has 1 aliphatic rings. The Bertz CT molecular complexity index is 885. The Kier molecular flexibility index (Phi) is 6.01. The minimum absolute atomic E-state index is 0.188. The second kappa shape index (κ2) is 8.81. The van der Waals surface area contributed by atoms with Crippen LogP contribution in [0.3, 0.4) is 0 Å². The Balaban J connectivity index is 1.60. The van der Waals surface area contributed by atoms with Gasteiger partial charge < -0.3 is 19.9 Å². The van der Waals surface area contributed by atoms with Crippen LogP contribution in [0.5, 0.6) is 0 Å². The van der Waals surface area contributed by atoms with Crippen molar-refractivity contribution in [2.45, 2.75) is 6.92 Å². The summed E-state index contributed by atoms with van der Waals surface area (Å²) in [5.74, 6) is 0.110. The van der Waals surface area contributed by atoms with Crippen molar-refractivity contribution < 1.29 is 14.3 Å². The van der Waals surface area contributed by atoms with Gasteiger partial charge in [-0.25, -0.2) is 14.8 Å². The summed E-state index contributed by atoms with van der Waals surface area (Å²) in [7, 11) is 0. The molecule has 1 saturated heterocycles. The molecule has 1 fully saturated rings. The van der Waals surface area contributed by atoms with Crippen LogP contribution in [0.2, 0.25) is 0 Å². The van der Waals surface area contributed by atoms with E-state index in [2.05, 4.69) is 21.4 Å². The van der Waals surface area contributed by atoms with E-state index < -0.39 is 0 Å². The van der Waals surface area contributed by atoms with Crippen LogP contribution < -0.4 is 5.32 Å². The van der Waals surface area contributed by atoms with Crippen LogP contribution in [-0.2, 0) is 4.74 Å². The molecule has 144 valence electrons. The van der Waals surface area contributed by atoms with Crippen LogP contribution >= 0.6 is 0 Å². The van der Waals surface area contributed by atoms with Gasteiger partial charge in [0, 0.05) is 38.6 Å². The minimum atomic E-state index is -0.356. The lowest BCUT2D eigenvalue weighted by Crippen LogP contribution is -2.50. The molecule has 0 saturated carbocycles. The number of rotatable bonds is 4. The average molecular weight is 380 g/mol. The molecule has 0 radical (unpaired) electrons. The number of piperazine rings is 1. The fourth-order valence-corrected chi connectivity index (χ4v) is 2.80. The number of carbonyl (C=O) groups is 2. The molecule has 0 spiro atoms. The number of carbonyl (C=O) groups excluding carboxylic acids is 2. The maximum atomic E-state index is 12.6. The third kappa shape index (κ3) is 4.35. The van der Waals surface area contributed by atoms with Crippen LogP contribution in [0.4, 0.5) is 16.4 Å². The van der Waals surface area contributed by atoms with Crippen molar-refractivity contribution in [2.24, 2.45) is 0 Å². The van der Waals surface area contributed by atoms with Crippen molar-refractivity contribution in [3.8, 4) is 6.07 Å². The van der Waals surface area contributed by atoms with Gasteiger partial charge in [0.2, 0.25) is 5.95 Å². The first kappa shape index (κ1) is 19.1. The zero-order valence-corrected chi connectivity index (χ0v) is 15.5. The van der Waals surface area contributed by atoms with E-state index in [-0.39, 0.29) is 12.0 Å². The summed E-state index contributed by atoms with van der Waals surface area (Å²) < 4.78 is 4.98. The second-order valence-corrected chi connectivity index (χ2v) is 6.06. The molecule has 3 rings (SSSR count). The highest BCUT2D eigenvalue weighted by Crippen LogP contribution is 2.17. The molecule has 2 heterocycles. The van der Waals surface area contributed by atoms with Crippen LogP contribution in [0.1, 0.15) is 22.8 Å². The molecule has 1 aromatic carbocycles. The Hall–Kier alpha value is -3.67. The zero-order chi connectivity index (χ0) is 19.9. The topological polar surface area (TPSA) is 111 Å². The van der Waals surface area contributed by atoms with Gasteiger partial charge in [0.05, 0.1) is 23.4 Å². The van der Waals surface area contributed by atoms with Gasteiger partial charge in [-0.1, -0.05) is 12.1 Å². The number of nitriles is 1. The number of para-hydroxylation sites is 1. The molecular formula is C19H20N6O3. The number of ether oxygens (including phenoxy) is 1. The first-order valence-corrected chi connectivity index (χ1v) is 8.91. The zero-order valence-electron chi connectivity index (χ0n) is 15.5. The predicted octanol–water partition coefficient (Wildman–Crippen LogP) is 2.01. The van der Waals surface area contributed by atoms with E-state index in [0.717, 1.165) is 0 Å². The summed E-state index contributed by atoms with van der Waals surface area (Å²) in [4.78, 5) is 35.9. The monoisotopic (exact) mass is 380 g/mol. The molecule has 2 amide bonds. The molecule has 1 N–H and O–H groups in total. The van der Waals surface area contributed by atoms with Crippen molar-refractivity contribution in [3.63, 3.8) is 0 Å². The average Bonchev–Trinajstić information content (AvgIpc) is 2.74. The second-order valence-electron chi connectivity index (χ2n) is 6.06. The molecule has 0 atom stereocenters. The first-order valence-electron chi connectivity index (χ1n) is 8.91. The summed E-state index contributed by atoms with van der Waals surface area (Å²) in [6, 6.07) is 9.11. The number of hydrogen-bond donors (Lipinski definition) is 1. The first-order chi connectivity index (χ1) is 13.6. The Morgan fingerprint density at radius 2 is 1.79 bits per heavy atom. The third-order valence-electron chi connectivity index (χ3n) is 4.29. The highest BCUT2D eigenvalue weighted by atomic mass is 16.6. The summed E-state index contributed by atoms with van der Waals surface area (Å²) in [6.07, 6.45) is 2.54. The lowest BCUT2D eigenvalue weighted by atomic mass is 10.2. The van der Waals surface area contributed by atoms with Crippen molar-refractivity contribution >= 4 is 23.6 Å². The summed E-state index contributed by atoms with van der Waals surface area (Å²) in [6.45, 7) is 3.79. The standard InChI is InChI=1S/C19H20N6O3/c1-2-28-19(27)25-9-7-24(8-10-25)17(26)15-12-21-18(22-13-15)23-16-6-4-3-5-14(16)11-20/h3-6,12-13H,2,7-10H2,1H3,(H,21,22,23). The summed E-state index contributed by atoms with van der Waals surface area (Å²) in [5.41, 5.74) is 1.44. The van der Waals surface area contributed by atoms with Crippen molar-refractivity contribution in [3.05, 3.63) is 47.8 Å². The Labute approximate surface area is 162 Å².